The van der Waals surface area contributed by atoms with Gasteiger partial charge in [-0.3, -0.25) is 9.80 Å². The molecule has 0 aromatic carbocycles. The van der Waals surface area contributed by atoms with Gasteiger partial charge in [0.05, 0.1) is 18.4 Å². The van der Waals surface area contributed by atoms with E-state index in [-0.39, 0.29) is 0 Å². The average Bonchev–Trinajstić information content (AvgIpc) is 3.19. The van der Waals surface area contributed by atoms with Gasteiger partial charge in [0.25, 0.3) is 0 Å². The first-order valence-corrected chi connectivity index (χ1v) is 7.88. The fourth-order valence-electron chi connectivity index (χ4n) is 2.87. The van der Waals surface area contributed by atoms with Crippen LogP contribution in [0.25, 0.3) is 0 Å². The van der Waals surface area contributed by atoms with E-state index in [9.17, 15) is 0 Å². The summed E-state index contributed by atoms with van der Waals surface area (Å²) in [5.41, 5.74) is 0.998. The molecule has 6 nitrogen and oxygen atoms in total. The summed E-state index contributed by atoms with van der Waals surface area (Å²) in [6, 6.07) is 2.46. The smallest absolute Gasteiger partial charge is 0.208 e. The zero-order valence-electron chi connectivity index (χ0n) is 13.5. The molecule has 6 heteroatoms. The van der Waals surface area contributed by atoms with E-state index in [4.69, 9.17) is 8.94 Å². The van der Waals surface area contributed by atoms with E-state index < -0.39 is 0 Å². The maximum absolute atomic E-state index is 5.80. The summed E-state index contributed by atoms with van der Waals surface area (Å²) in [6.45, 7) is 7.98. The molecule has 1 aliphatic rings. The number of hydrogen-bond donors (Lipinski definition) is 0. The Bertz CT molecular complexity index is 579. The van der Waals surface area contributed by atoms with Crippen molar-refractivity contribution >= 4 is 0 Å². The zero-order chi connectivity index (χ0) is 15.5. The Kier molecular flexibility index (Phi) is 4.59. The highest BCUT2D eigenvalue weighted by molar-refractivity contribution is 5.00. The van der Waals surface area contributed by atoms with Crippen molar-refractivity contribution in [1.29, 1.82) is 0 Å². The minimum atomic E-state index is 0.385. The summed E-state index contributed by atoms with van der Waals surface area (Å²) in [7, 11) is 2.14. The van der Waals surface area contributed by atoms with Crippen molar-refractivity contribution in [2.75, 3.05) is 20.1 Å². The summed E-state index contributed by atoms with van der Waals surface area (Å²) in [5.74, 6) is 2.15. The van der Waals surface area contributed by atoms with Crippen molar-refractivity contribution < 1.29 is 8.94 Å². The number of rotatable bonds is 6. The van der Waals surface area contributed by atoms with Crippen molar-refractivity contribution in [1.82, 2.24) is 19.9 Å². The van der Waals surface area contributed by atoms with Gasteiger partial charge in [-0.1, -0.05) is 19.0 Å². The molecule has 1 saturated heterocycles. The topological polar surface area (TPSA) is 58.5 Å². The largest absolute Gasteiger partial charge is 0.444 e. The standard InChI is InChI=1S/C16H24N4O2/c1-12(2)15-8-17-16(22-15)11-19(3)14-4-6-20(10-14)9-13-5-7-21-18-13/h5,7-8,12,14H,4,6,9-11H2,1-3H3/t14-/m0/s1. The SMILES string of the molecule is CC(C)c1cnc(CN(C)[C@H]2CCN(Cc3ccon3)C2)o1. The summed E-state index contributed by atoms with van der Waals surface area (Å²) in [5, 5.41) is 3.98. The number of aromatic nitrogens is 2. The van der Waals surface area contributed by atoms with Crippen molar-refractivity contribution in [2.45, 2.75) is 45.3 Å². The van der Waals surface area contributed by atoms with Crippen LogP contribution in [-0.4, -0.2) is 46.1 Å². The van der Waals surface area contributed by atoms with Crippen LogP contribution < -0.4 is 0 Å². The molecule has 0 unspecified atom stereocenters. The van der Waals surface area contributed by atoms with Crippen LogP contribution in [0.5, 0.6) is 0 Å². The van der Waals surface area contributed by atoms with Crippen LogP contribution in [0.1, 0.15) is 43.5 Å². The van der Waals surface area contributed by atoms with Crippen molar-refractivity contribution in [2.24, 2.45) is 0 Å². The van der Waals surface area contributed by atoms with Crippen LogP contribution >= 0.6 is 0 Å². The number of hydrogen-bond acceptors (Lipinski definition) is 6. The Morgan fingerprint density at radius 1 is 1.45 bits per heavy atom. The molecule has 1 atom stereocenters. The minimum Gasteiger partial charge on any atom is -0.444 e. The van der Waals surface area contributed by atoms with Crippen LogP contribution in [0.3, 0.4) is 0 Å². The molecule has 0 amide bonds. The highest BCUT2D eigenvalue weighted by Gasteiger charge is 2.27. The van der Waals surface area contributed by atoms with Gasteiger partial charge in [0.1, 0.15) is 12.0 Å². The molecule has 0 aliphatic carbocycles. The van der Waals surface area contributed by atoms with E-state index in [1.54, 1.807) is 6.26 Å². The summed E-state index contributed by atoms with van der Waals surface area (Å²) in [4.78, 5) is 9.13. The highest BCUT2D eigenvalue weighted by Crippen LogP contribution is 2.20. The number of oxazole rings is 1. The van der Waals surface area contributed by atoms with Crippen molar-refractivity contribution in [3.63, 3.8) is 0 Å². The minimum absolute atomic E-state index is 0.385. The molecule has 1 fully saturated rings. The predicted molar refractivity (Wildman–Crippen MR) is 82.2 cm³/mol. The molecule has 2 aromatic heterocycles. The van der Waals surface area contributed by atoms with Gasteiger partial charge in [0, 0.05) is 37.7 Å². The molecule has 0 radical (unpaired) electrons. The molecule has 22 heavy (non-hydrogen) atoms. The number of nitrogens with zero attached hydrogens (tertiary/aromatic N) is 4. The lowest BCUT2D eigenvalue weighted by Crippen LogP contribution is -2.34. The second-order valence-electron chi connectivity index (χ2n) is 6.39. The van der Waals surface area contributed by atoms with Gasteiger partial charge >= 0.3 is 0 Å². The van der Waals surface area contributed by atoms with Gasteiger partial charge < -0.3 is 8.94 Å². The molecular formula is C16H24N4O2. The summed E-state index contributed by atoms with van der Waals surface area (Å²) < 4.78 is 10.7. The first-order chi connectivity index (χ1) is 10.6. The first kappa shape index (κ1) is 15.2. The lowest BCUT2D eigenvalue weighted by molar-refractivity contribution is 0.202. The third-order valence-electron chi connectivity index (χ3n) is 4.27. The maximum atomic E-state index is 5.80. The highest BCUT2D eigenvalue weighted by atomic mass is 16.5. The second kappa shape index (κ2) is 6.62. The van der Waals surface area contributed by atoms with Gasteiger partial charge in [-0.05, 0) is 13.5 Å². The van der Waals surface area contributed by atoms with Crippen molar-refractivity contribution in [3.8, 4) is 0 Å². The molecule has 2 aromatic rings. The van der Waals surface area contributed by atoms with E-state index in [1.165, 1.54) is 0 Å². The van der Waals surface area contributed by atoms with Crippen LogP contribution in [0.4, 0.5) is 0 Å². The molecule has 3 rings (SSSR count). The molecule has 0 bridgehead atoms. The predicted octanol–water partition coefficient (Wildman–Crippen LogP) is 2.49. The van der Waals surface area contributed by atoms with Crippen LogP contribution in [-0.2, 0) is 13.1 Å². The molecule has 1 aliphatic heterocycles. The van der Waals surface area contributed by atoms with Gasteiger partial charge in [-0.25, -0.2) is 4.98 Å². The quantitative estimate of drug-likeness (QED) is 0.817. The Morgan fingerprint density at radius 3 is 3.00 bits per heavy atom. The Balaban J connectivity index is 1.51. The molecule has 0 spiro atoms. The van der Waals surface area contributed by atoms with E-state index in [1.807, 2.05) is 12.3 Å². The second-order valence-corrected chi connectivity index (χ2v) is 6.39. The fourth-order valence-corrected chi connectivity index (χ4v) is 2.87. The van der Waals surface area contributed by atoms with Gasteiger partial charge in [0.15, 0.2) is 0 Å². The van der Waals surface area contributed by atoms with E-state index in [0.29, 0.717) is 12.0 Å². The fraction of sp³-hybridized carbons (Fsp3) is 0.625. The van der Waals surface area contributed by atoms with Crippen LogP contribution in [0.2, 0.25) is 0 Å². The number of likely N-dealkylation sites (tertiary alicyclic amines) is 1. The molecule has 0 N–H and O–H groups in total. The van der Waals surface area contributed by atoms with Gasteiger partial charge in [0.2, 0.25) is 5.89 Å². The molecule has 0 saturated carbocycles. The monoisotopic (exact) mass is 304 g/mol. The summed E-state index contributed by atoms with van der Waals surface area (Å²) in [6.07, 6.45) is 4.63. The van der Waals surface area contributed by atoms with Crippen molar-refractivity contribution in [3.05, 3.63) is 35.9 Å². The van der Waals surface area contributed by atoms with Gasteiger partial charge in [-0.15, -0.1) is 0 Å². The Labute approximate surface area is 131 Å². The van der Waals surface area contributed by atoms with Gasteiger partial charge in [-0.2, -0.15) is 0 Å². The molecule has 3 heterocycles. The van der Waals surface area contributed by atoms with Crippen LogP contribution in [0.15, 0.2) is 27.5 Å². The lowest BCUT2D eigenvalue weighted by atomic mass is 10.2. The van der Waals surface area contributed by atoms with E-state index in [0.717, 1.165) is 49.9 Å². The number of likely N-dealkylation sites (N-methyl/N-ethyl adjacent to an activating group) is 1. The molecule has 120 valence electrons. The average molecular weight is 304 g/mol. The van der Waals surface area contributed by atoms with Crippen LogP contribution in [0, 0.1) is 0 Å². The Morgan fingerprint density at radius 2 is 2.32 bits per heavy atom. The zero-order valence-corrected chi connectivity index (χ0v) is 13.5. The first-order valence-electron chi connectivity index (χ1n) is 7.88. The normalized spacial score (nSPS) is 19.6. The Hall–Kier alpha value is -1.66. The lowest BCUT2D eigenvalue weighted by Gasteiger charge is -2.23. The van der Waals surface area contributed by atoms with E-state index in [2.05, 4.69) is 40.8 Å². The third-order valence-corrected chi connectivity index (χ3v) is 4.27. The maximum Gasteiger partial charge on any atom is 0.208 e. The van der Waals surface area contributed by atoms with E-state index >= 15 is 0 Å². The third kappa shape index (κ3) is 3.56. The summed E-state index contributed by atoms with van der Waals surface area (Å²) >= 11 is 0. The molecular weight excluding hydrogens is 280 g/mol.